The van der Waals surface area contributed by atoms with E-state index in [-0.39, 0.29) is 6.54 Å². The summed E-state index contributed by atoms with van der Waals surface area (Å²) in [5.41, 5.74) is 4.90. The summed E-state index contributed by atoms with van der Waals surface area (Å²) >= 11 is 0. The summed E-state index contributed by atoms with van der Waals surface area (Å²) in [6.07, 6.45) is -5.07. The number of rotatable bonds is 1. The summed E-state index contributed by atoms with van der Waals surface area (Å²) in [5, 5.41) is 8.79. The highest BCUT2D eigenvalue weighted by atomic mass is 19.4. The molecule has 1 atom stereocenters. The van der Waals surface area contributed by atoms with E-state index < -0.39 is 43.2 Å². The number of alkyl halides is 3. The van der Waals surface area contributed by atoms with E-state index in [4.69, 9.17) is 10.8 Å². The van der Waals surface area contributed by atoms with Crippen LogP contribution in [0.4, 0.5) is 18.0 Å². The van der Waals surface area contributed by atoms with E-state index in [9.17, 15) is 27.6 Å². The minimum atomic E-state index is -5.07. The Labute approximate surface area is 98.9 Å². The van der Waals surface area contributed by atoms with Crippen molar-refractivity contribution in [3.63, 3.8) is 0 Å². The number of carboxylic acids is 1. The maximum atomic E-state index is 12.2. The number of carbonyl (C=O) groups excluding carboxylic acids is 2. The molecule has 102 valence electrons. The van der Waals surface area contributed by atoms with Crippen molar-refractivity contribution in [3.05, 3.63) is 0 Å². The molecule has 1 heterocycles. The lowest BCUT2D eigenvalue weighted by molar-refractivity contribution is -0.188. The van der Waals surface area contributed by atoms with Gasteiger partial charge in [0, 0.05) is 13.1 Å². The molecule has 0 bridgehead atoms. The Bertz CT molecular complexity index is 384. The van der Waals surface area contributed by atoms with E-state index in [2.05, 4.69) is 0 Å². The van der Waals surface area contributed by atoms with Crippen LogP contribution < -0.4 is 5.73 Å². The minimum Gasteiger partial charge on any atom is -0.480 e. The van der Waals surface area contributed by atoms with Gasteiger partial charge in [0.2, 0.25) is 0 Å². The van der Waals surface area contributed by atoms with Gasteiger partial charge >= 0.3 is 24.1 Å². The summed E-state index contributed by atoms with van der Waals surface area (Å²) < 4.78 is 36.5. The molecule has 1 aliphatic heterocycles. The summed E-state index contributed by atoms with van der Waals surface area (Å²) in [4.78, 5) is 33.7. The summed E-state index contributed by atoms with van der Waals surface area (Å²) in [6.45, 7) is -1.50. The topological polar surface area (TPSA) is 104 Å². The van der Waals surface area contributed by atoms with Crippen LogP contribution in [-0.2, 0) is 9.59 Å². The van der Waals surface area contributed by atoms with E-state index in [0.717, 1.165) is 0 Å². The van der Waals surface area contributed by atoms with Crippen molar-refractivity contribution in [2.24, 2.45) is 5.73 Å². The Morgan fingerprint density at radius 1 is 1.22 bits per heavy atom. The van der Waals surface area contributed by atoms with Crippen LogP contribution in [0.3, 0.4) is 0 Å². The van der Waals surface area contributed by atoms with Crippen LogP contribution in [-0.4, -0.2) is 64.7 Å². The van der Waals surface area contributed by atoms with Crippen LogP contribution in [0.1, 0.15) is 0 Å². The second kappa shape index (κ2) is 4.70. The van der Waals surface area contributed by atoms with Crippen LogP contribution in [0.15, 0.2) is 0 Å². The molecule has 3 amide bonds. The van der Waals surface area contributed by atoms with Gasteiger partial charge in [0.25, 0.3) is 0 Å². The van der Waals surface area contributed by atoms with Gasteiger partial charge in [-0.2, -0.15) is 13.2 Å². The second-order valence-electron chi connectivity index (χ2n) is 3.63. The molecule has 1 saturated heterocycles. The molecule has 10 heteroatoms. The summed E-state index contributed by atoms with van der Waals surface area (Å²) in [5.74, 6) is -3.65. The first kappa shape index (κ1) is 14.1. The molecule has 0 radical (unpaired) electrons. The quantitative estimate of drug-likeness (QED) is 0.651. The highest BCUT2D eigenvalue weighted by Gasteiger charge is 2.46. The van der Waals surface area contributed by atoms with Gasteiger partial charge in [0.1, 0.15) is 6.04 Å². The van der Waals surface area contributed by atoms with Gasteiger partial charge in [0.15, 0.2) is 0 Å². The fraction of sp³-hybridized carbons (Fsp3) is 0.625. The number of primary amides is 1. The molecule has 3 N–H and O–H groups in total. The van der Waals surface area contributed by atoms with Gasteiger partial charge in [-0.15, -0.1) is 0 Å². The Kier molecular flexibility index (Phi) is 3.67. The van der Waals surface area contributed by atoms with E-state index in [1.165, 1.54) is 0 Å². The monoisotopic (exact) mass is 269 g/mol. The van der Waals surface area contributed by atoms with Crippen molar-refractivity contribution >= 4 is 17.9 Å². The van der Waals surface area contributed by atoms with Crippen molar-refractivity contribution in [1.29, 1.82) is 0 Å². The first-order chi connectivity index (χ1) is 8.14. The lowest BCUT2D eigenvalue weighted by Gasteiger charge is -2.38. The van der Waals surface area contributed by atoms with Crippen molar-refractivity contribution in [3.8, 4) is 0 Å². The van der Waals surface area contributed by atoms with Gasteiger partial charge in [-0.05, 0) is 0 Å². The molecule has 0 saturated carbocycles. The normalized spacial score (nSPS) is 20.7. The number of halogens is 3. The van der Waals surface area contributed by atoms with Crippen LogP contribution in [0, 0.1) is 0 Å². The standard InChI is InChI=1S/C8H10F3N3O4/c9-8(10,11)6(17)13-1-2-14(7(12)18)4(3-13)5(15)16/h4H,1-3H2,(H2,12,18)(H,15,16). The maximum Gasteiger partial charge on any atom is 0.471 e. The van der Waals surface area contributed by atoms with Crippen molar-refractivity contribution in [1.82, 2.24) is 9.80 Å². The predicted molar refractivity (Wildman–Crippen MR) is 50.3 cm³/mol. The third kappa shape index (κ3) is 2.81. The zero-order valence-corrected chi connectivity index (χ0v) is 8.98. The largest absolute Gasteiger partial charge is 0.480 e. The van der Waals surface area contributed by atoms with Gasteiger partial charge in [-0.1, -0.05) is 0 Å². The number of hydrogen-bond donors (Lipinski definition) is 2. The molecule has 1 rings (SSSR count). The number of carboxylic acid groups (broad SMARTS) is 1. The molecule has 0 aromatic carbocycles. The summed E-state index contributed by atoms with van der Waals surface area (Å²) in [6, 6.07) is -2.62. The molecule has 0 aliphatic carbocycles. The number of amides is 3. The molecule has 0 aromatic heterocycles. The van der Waals surface area contributed by atoms with E-state index in [1.54, 1.807) is 0 Å². The molecule has 7 nitrogen and oxygen atoms in total. The van der Waals surface area contributed by atoms with E-state index in [0.29, 0.717) is 9.80 Å². The molecule has 1 aliphatic rings. The molecular weight excluding hydrogens is 259 g/mol. The first-order valence-corrected chi connectivity index (χ1v) is 4.79. The lowest BCUT2D eigenvalue weighted by atomic mass is 10.1. The van der Waals surface area contributed by atoms with Crippen molar-refractivity contribution < 1.29 is 32.7 Å². The molecule has 1 fully saturated rings. The summed E-state index contributed by atoms with van der Waals surface area (Å²) in [7, 11) is 0. The van der Waals surface area contributed by atoms with Crippen LogP contribution in [0.2, 0.25) is 0 Å². The van der Waals surface area contributed by atoms with Gasteiger partial charge < -0.3 is 20.6 Å². The Morgan fingerprint density at radius 3 is 2.17 bits per heavy atom. The van der Waals surface area contributed by atoms with Gasteiger partial charge in [-0.3, -0.25) is 4.79 Å². The Hall–Kier alpha value is -2.00. The highest BCUT2D eigenvalue weighted by Crippen LogP contribution is 2.21. The molecule has 0 spiro atoms. The van der Waals surface area contributed by atoms with Gasteiger partial charge in [-0.25, -0.2) is 9.59 Å². The fourth-order valence-electron chi connectivity index (χ4n) is 1.62. The number of hydrogen-bond acceptors (Lipinski definition) is 3. The average molecular weight is 269 g/mol. The van der Waals surface area contributed by atoms with Gasteiger partial charge in [0.05, 0.1) is 6.54 Å². The number of aliphatic carboxylic acids is 1. The lowest BCUT2D eigenvalue weighted by Crippen LogP contribution is -2.62. The van der Waals surface area contributed by atoms with E-state index in [1.807, 2.05) is 0 Å². The first-order valence-electron chi connectivity index (χ1n) is 4.79. The Balaban J connectivity index is 2.84. The van der Waals surface area contributed by atoms with Crippen LogP contribution >= 0.6 is 0 Å². The number of piperazine rings is 1. The number of urea groups is 1. The molecule has 18 heavy (non-hydrogen) atoms. The zero-order valence-electron chi connectivity index (χ0n) is 8.98. The number of nitrogens with zero attached hydrogens (tertiary/aromatic N) is 2. The Morgan fingerprint density at radius 2 is 1.78 bits per heavy atom. The molecule has 0 aromatic rings. The SMILES string of the molecule is NC(=O)N1CCN(C(=O)C(F)(F)F)CC1C(=O)O. The third-order valence-corrected chi connectivity index (χ3v) is 2.48. The molecular formula is C8H10F3N3O4. The number of carbonyl (C=O) groups is 3. The number of nitrogens with two attached hydrogens (primary N) is 1. The second-order valence-corrected chi connectivity index (χ2v) is 3.63. The third-order valence-electron chi connectivity index (χ3n) is 2.48. The van der Waals surface area contributed by atoms with Crippen LogP contribution in [0.25, 0.3) is 0 Å². The van der Waals surface area contributed by atoms with Crippen molar-refractivity contribution in [2.75, 3.05) is 19.6 Å². The zero-order chi connectivity index (χ0) is 14.1. The van der Waals surface area contributed by atoms with Crippen molar-refractivity contribution in [2.45, 2.75) is 12.2 Å². The van der Waals surface area contributed by atoms with Crippen LogP contribution in [0.5, 0.6) is 0 Å². The fourth-order valence-corrected chi connectivity index (χ4v) is 1.62. The van der Waals surface area contributed by atoms with E-state index >= 15 is 0 Å². The predicted octanol–water partition coefficient (Wildman–Crippen LogP) is -0.775. The molecule has 1 unspecified atom stereocenters. The smallest absolute Gasteiger partial charge is 0.471 e. The maximum absolute atomic E-state index is 12.2. The highest BCUT2D eigenvalue weighted by molar-refractivity contribution is 5.86. The average Bonchev–Trinajstić information content (AvgIpc) is 2.25. The minimum absolute atomic E-state index is 0.345.